The summed E-state index contributed by atoms with van der Waals surface area (Å²) in [5.41, 5.74) is 0. The van der Waals surface area contributed by atoms with E-state index in [2.05, 4.69) is 6.58 Å². The largest absolute Gasteiger partial charge is 0.480 e. The summed E-state index contributed by atoms with van der Waals surface area (Å²) in [7, 11) is 1.57. The molecule has 4 heteroatoms. The zero-order chi connectivity index (χ0) is 12.5. The zero-order valence-electron chi connectivity index (χ0n) is 10.0. The van der Waals surface area contributed by atoms with Crippen molar-refractivity contribution in [3.05, 3.63) is 12.7 Å². The minimum absolute atomic E-state index is 0.0527. The Morgan fingerprint density at radius 2 is 2.06 bits per heavy atom. The van der Waals surface area contributed by atoms with E-state index in [9.17, 15) is 9.59 Å². The standard InChI is InChI=1S/C12H19NO3/c1-5-8-6-9(8)11(14)13(4)10(7(2)3)12(15)16/h5,7-10H,1,6H2,2-4H3,(H,15,16)/t8-,9+,10+/m1/s1. The van der Waals surface area contributed by atoms with Crippen LogP contribution in [0.1, 0.15) is 20.3 Å². The maximum Gasteiger partial charge on any atom is 0.326 e. The van der Waals surface area contributed by atoms with Gasteiger partial charge < -0.3 is 10.0 Å². The van der Waals surface area contributed by atoms with Crippen molar-refractivity contribution >= 4 is 11.9 Å². The third-order valence-electron chi connectivity index (χ3n) is 3.11. The highest BCUT2D eigenvalue weighted by Crippen LogP contribution is 2.40. The number of carboxylic acids is 1. The van der Waals surface area contributed by atoms with Crippen molar-refractivity contribution in [2.45, 2.75) is 26.3 Å². The van der Waals surface area contributed by atoms with Gasteiger partial charge in [-0.05, 0) is 18.3 Å². The number of aliphatic carboxylic acids is 1. The molecule has 90 valence electrons. The van der Waals surface area contributed by atoms with Gasteiger partial charge in [0.05, 0.1) is 0 Å². The summed E-state index contributed by atoms with van der Waals surface area (Å²) in [4.78, 5) is 24.4. The molecular formula is C12H19NO3. The monoisotopic (exact) mass is 225 g/mol. The molecule has 1 saturated carbocycles. The van der Waals surface area contributed by atoms with E-state index in [0.29, 0.717) is 0 Å². The zero-order valence-corrected chi connectivity index (χ0v) is 10.0. The number of hydrogen-bond acceptors (Lipinski definition) is 2. The predicted octanol–water partition coefficient (Wildman–Crippen LogP) is 1.38. The van der Waals surface area contributed by atoms with Gasteiger partial charge in [0.1, 0.15) is 6.04 Å². The molecule has 1 aliphatic rings. The van der Waals surface area contributed by atoms with Gasteiger partial charge >= 0.3 is 5.97 Å². The van der Waals surface area contributed by atoms with Gasteiger partial charge in [0.2, 0.25) is 5.91 Å². The molecule has 1 fully saturated rings. The Balaban J connectivity index is 2.68. The van der Waals surface area contributed by atoms with Crippen LogP contribution in [0.5, 0.6) is 0 Å². The third-order valence-corrected chi connectivity index (χ3v) is 3.11. The van der Waals surface area contributed by atoms with E-state index >= 15 is 0 Å². The lowest BCUT2D eigenvalue weighted by atomic mass is 10.0. The van der Waals surface area contributed by atoms with Crippen LogP contribution >= 0.6 is 0 Å². The average molecular weight is 225 g/mol. The Hall–Kier alpha value is -1.32. The first kappa shape index (κ1) is 12.7. The van der Waals surface area contributed by atoms with Gasteiger partial charge in [-0.2, -0.15) is 0 Å². The topological polar surface area (TPSA) is 57.6 Å². The van der Waals surface area contributed by atoms with Gasteiger partial charge in [-0.25, -0.2) is 4.79 Å². The molecule has 0 unspecified atom stereocenters. The minimum atomic E-state index is -0.943. The molecule has 0 aromatic heterocycles. The van der Waals surface area contributed by atoms with Gasteiger partial charge in [0.25, 0.3) is 0 Å². The number of carbonyl (C=O) groups excluding carboxylic acids is 1. The number of amides is 1. The summed E-state index contributed by atoms with van der Waals surface area (Å²) in [6.45, 7) is 7.25. The van der Waals surface area contributed by atoms with Crippen molar-refractivity contribution in [2.75, 3.05) is 7.05 Å². The molecule has 0 radical (unpaired) electrons. The van der Waals surface area contributed by atoms with Crippen molar-refractivity contribution in [1.82, 2.24) is 4.90 Å². The van der Waals surface area contributed by atoms with E-state index in [1.165, 1.54) is 4.90 Å². The van der Waals surface area contributed by atoms with Crippen LogP contribution < -0.4 is 0 Å². The van der Waals surface area contributed by atoms with Crippen LogP contribution in [0.25, 0.3) is 0 Å². The van der Waals surface area contributed by atoms with Gasteiger partial charge in [0.15, 0.2) is 0 Å². The number of nitrogens with zero attached hydrogens (tertiary/aromatic N) is 1. The number of hydrogen-bond donors (Lipinski definition) is 1. The molecule has 4 nitrogen and oxygen atoms in total. The lowest BCUT2D eigenvalue weighted by molar-refractivity contribution is -0.151. The summed E-state index contributed by atoms with van der Waals surface area (Å²) in [6, 6.07) is -0.737. The van der Waals surface area contributed by atoms with Crippen molar-refractivity contribution in [1.29, 1.82) is 0 Å². The molecule has 1 amide bonds. The molecule has 0 aromatic rings. The molecule has 3 atom stereocenters. The van der Waals surface area contributed by atoms with E-state index in [1.807, 2.05) is 0 Å². The third kappa shape index (κ3) is 2.43. The second kappa shape index (κ2) is 4.68. The highest BCUT2D eigenvalue weighted by Gasteiger charge is 2.44. The second-order valence-electron chi connectivity index (χ2n) is 4.72. The second-order valence-corrected chi connectivity index (χ2v) is 4.72. The highest BCUT2D eigenvalue weighted by molar-refractivity contribution is 5.87. The molecule has 1 N–H and O–H groups in total. The average Bonchev–Trinajstić information content (AvgIpc) is 2.94. The molecule has 0 heterocycles. The van der Waals surface area contributed by atoms with Gasteiger partial charge in [-0.15, -0.1) is 6.58 Å². The van der Waals surface area contributed by atoms with Crippen LogP contribution in [0, 0.1) is 17.8 Å². The highest BCUT2D eigenvalue weighted by atomic mass is 16.4. The summed E-state index contributed by atoms with van der Waals surface area (Å²) < 4.78 is 0. The number of carbonyl (C=O) groups is 2. The fraction of sp³-hybridized carbons (Fsp3) is 0.667. The van der Waals surface area contributed by atoms with Crippen molar-refractivity contribution in [2.24, 2.45) is 17.8 Å². The van der Waals surface area contributed by atoms with Crippen molar-refractivity contribution in [3.8, 4) is 0 Å². The Kier molecular flexibility index (Phi) is 3.73. The maximum atomic E-state index is 11.9. The van der Waals surface area contributed by atoms with Crippen LogP contribution in [0.15, 0.2) is 12.7 Å². The summed E-state index contributed by atoms with van der Waals surface area (Å²) in [5.74, 6) is -0.931. The SMILES string of the molecule is C=C[C@@H]1C[C@@H]1C(=O)N(C)[C@H](C(=O)O)C(C)C. The molecule has 0 bridgehead atoms. The lowest BCUT2D eigenvalue weighted by Crippen LogP contribution is -2.46. The Morgan fingerprint density at radius 1 is 1.50 bits per heavy atom. The normalized spacial score (nSPS) is 25.0. The van der Waals surface area contributed by atoms with Gasteiger partial charge in [-0.3, -0.25) is 4.79 Å². The molecule has 0 aliphatic heterocycles. The molecule has 0 aromatic carbocycles. The number of likely N-dealkylation sites (N-methyl/N-ethyl adjacent to an activating group) is 1. The van der Waals surface area contributed by atoms with Crippen molar-refractivity contribution < 1.29 is 14.7 Å². The minimum Gasteiger partial charge on any atom is -0.480 e. The van der Waals surface area contributed by atoms with Gasteiger partial charge in [-0.1, -0.05) is 19.9 Å². The Bertz CT molecular complexity index is 311. The maximum absolute atomic E-state index is 11.9. The number of carboxylic acid groups (broad SMARTS) is 1. The Labute approximate surface area is 95.9 Å². The van der Waals surface area contributed by atoms with Crippen LogP contribution in [0.4, 0.5) is 0 Å². The first-order valence-electron chi connectivity index (χ1n) is 5.52. The van der Waals surface area contributed by atoms with E-state index < -0.39 is 12.0 Å². The smallest absolute Gasteiger partial charge is 0.326 e. The van der Waals surface area contributed by atoms with Crippen LogP contribution in [-0.4, -0.2) is 35.0 Å². The van der Waals surface area contributed by atoms with Gasteiger partial charge in [0, 0.05) is 13.0 Å². The van der Waals surface area contributed by atoms with Crippen molar-refractivity contribution in [3.63, 3.8) is 0 Å². The first-order valence-corrected chi connectivity index (χ1v) is 5.52. The lowest BCUT2D eigenvalue weighted by Gasteiger charge is -2.27. The van der Waals surface area contributed by atoms with Crippen LogP contribution in [0.2, 0.25) is 0 Å². The quantitative estimate of drug-likeness (QED) is 0.719. The molecule has 1 aliphatic carbocycles. The van der Waals surface area contributed by atoms with E-state index in [0.717, 1.165) is 6.42 Å². The van der Waals surface area contributed by atoms with E-state index in [4.69, 9.17) is 5.11 Å². The summed E-state index contributed by atoms with van der Waals surface area (Å²) >= 11 is 0. The van der Waals surface area contributed by atoms with E-state index in [1.54, 1.807) is 27.0 Å². The molecule has 0 saturated heterocycles. The fourth-order valence-electron chi connectivity index (χ4n) is 2.06. The molecule has 1 rings (SSSR count). The number of rotatable bonds is 5. The summed E-state index contributed by atoms with van der Waals surface area (Å²) in [6.07, 6.45) is 2.57. The van der Waals surface area contributed by atoms with Crippen LogP contribution in [-0.2, 0) is 9.59 Å². The molecule has 0 spiro atoms. The summed E-state index contributed by atoms with van der Waals surface area (Å²) in [5, 5.41) is 9.07. The van der Waals surface area contributed by atoms with E-state index in [-0.39, 0.29) is 23.7 Å². The van der Waals surface area contributed by atoms with Crippen LogP contribution in [0.3, 0.4) is 0 Å². The molecular weight excluding hydrogens is 206 g/mol. The fourth-order valence-corrected chi connectivity index (χ4v) is 2.06. The molecule has 16 heavy (non-hydrogen) atoms. The predicted molar refractivity (Wildman–Crippen MR) is 60.8 cm³/mol. The Morgan fingerprint density at radius 3 is 2.38 bits per heavy atom. The first-order chi connectivity index (χ1) is 7.40. The number of allylic oxidation sites excluding steroid dienone is 1.